The third kappa shape index (κ3) is 4.69. The lowest BCUT2D eigenvalue weighted by Gasteiger charge is -2.11. The minimum Gasteiger partial charge on any atom is -0.459 e. The molecule has 0 radical (unpaired) electrons. The minimum atomic E-state index is -0.990. The molecule has 1 aromatic carbocycles. The molecule has 2 heterocycles. The molecule has 0 saturated heterocycles. The number of halogens is 1. The number of rotatable bonds is 6. The molecule has 1 aliphatic heterocycles. The fraction of sp³-hybridized carbons (Fsp3) is 0.333. The molecule has 0 unspecified atom stereocenters. The molecule has 0 fully saturated rings. The smallest absolute Gasteiger partial charge is 0.397 e. The number of carbonyl (C=O) groups is 3. The van der Waals surface area contributed by atoms with Crippen LogP contribution in [0.2, 0.25) is 0 Å². The highest BCUT2D eigenvalue weighted by atomic mass is 32.2. The van der Waals surface area contributed by atoms with Crippen LogP contribution in [0.25, 0.3) is 0 Å². The molecule has 0 bridgehead atoms. The van der Waals surface area contributed by atoms with Gasteiger partial charge in [-0.1, -0.05) is 12.1 Å². The average molecular weight is 406 g/mol. The first kappa shape index (κ1) is 19.9. The Labute approximate surface area is 164 Å². The number of nitrogens with one attached hydrogen (secondary N) is 2. The zero-order valence-corrected chi connectivity index (χ0v) is 16.0. The van der Waals surface area contributed by atoms with Gasteiger partial charge in [-0.25, -0.2) is 13.9 Å². The summed E-state index contributed by atoms with van der Waals surface area (Å²) in [6.07, 6.45) is 0. The molecule has 1 aliphatic rings. The lowest BCUT2D eigenvalue weighted by atomic mass is 10.2. The Hall–Kier alpha value is -2.88. The third-order valence-corrected chi connectivity index (χ3v) is 4.98. The monoisotopic (exact) mass is 406 g/mol. The van der Waals surface area contributed by atoms with Crippen molar-refractivity contribution in [1.29, 1.82) is 0 Å². The van der Waals surface area contributed by atoms with E-state index in [1.54, 1.807) is 30.8 Å². The summed E-state index contributed by atoms with van der Waals surface area (Å²) >= 11 is 1.63. The van der Waals surface area contributed by atoms with Crippen LogP contribution in [0.15, 0.2) is 24.3 Å². The second-order valence-corrected chi connectivity index (χ2v) is 6.99. The van der Waals surface area contributed by atoms with Gasteiger partial charge in [0.2, 0.25) is 5.91 Å². The van der Waals surface area contributed by atoms with Crippen molar-refractivity contribution in [3.63, 3.8) is 0 Å². The molecule has 0 aliphatic carbocycles. The van der Waals surface area contributed by atoms with Crippen LogP contribution in [0.1, 0.15) is 23.7 Å². The van der Waals surface area contributed by atoms with E-state index in [2.05, 4.69) is 15.7 Å². The lowest BCUT2D eigenvalue weighted by molar-refractivity contribution is -0.152. The molecule has 8 nitrogen and oxygen atoms in total. The number of ether oxygens (including phenoxy) is 1. The molecule has 0 spiro atoms. The van der Waals surface area contributed by atoms with Gasteiger partial charge < -0.3 is 15.4 Å². The predicted molar refractivity (Wildman–Crippen MR) is 101 cm³/mol. The van der Waals surface area contributed by atoms with Crippen molar-refractivity contribution in [2.75, 3.05) is 11.9 Å². The van der Waals surface area contributed by atoms with Gasteiger partial charge in [-0.3, -0.25) is 9.59 Å². The second kappa shape index (κ2) is 8.87. The van der Waals surface area contributed by atoms with Crippen molar-refractivity contribution >= 4 is 35.4 Å². The van der Waals surface area contributed by atoms with Crippen LogP contribution < -0.4 is 10.6 Å². The molecular formula is C18H19FN4O4S. The Morgan fingerprint density at radius 2 is 2.00 bits per heavy atom. The normalized spacial score (nSPS) is 12.4. The quantitative estimate of drug-likeness (QED) is 0.558. The number of nitrogens with zero attached hydrogens (tertiary/aromatic N) is 2. The number of thioether (sulfide) groups is 1. The van der Waals surface area contributed by atoms with E-state index in [9.17, 15) is 18.8 Å². The van der Waals surface area contributed by atoms with E-state index in [1.807, 2.05) is 0 Å². The molecule has 2 N–H and O–H groups in total. The fourth-order valence-electron chi connectivity index (χ4n) is 2.67. The van der Waals surface area contributed by atoms with E-state index in [1.165, 1.54) is 16.8 Å². The minimum absolute atomic E-state index is 0.0886. The fourth-order valence-corrected chi connectivity index (χ4v) is 3.71. The van der Waals surface area contributed by atoms with Crippen LogP contribution in [0, 0.1) is 5.82 Å². The average Bonchev–Trinajstić information content (AvgIpc) is 3.24. The van der Waals surface area contributed by atoms with E-state index >= 15 is 0 Å². The maximum atomic E-state index is 12.9. The summed E-state index contributed by atoms with van der Waals surface area (Å²) < 4.78 is 19.0. The standard InChI is InChI=1S/C18H19FN4O4S/c1-2-27-18(26)17(25)21-16-13-9-28-10-14(13)22-23(16)8-15(24)20-7-11-3-5-12(19)6-4-11/h3-6H,2,7-10H2,1H3,(H,20,24)(H,21,25). The van der Waals surface area contributed by atoms with Crippen LogP contribution in [-0.4, -0.2) is 34.2 Å². The SMILES string of the molecule is CCOC(=O)C(=O)Nc1c2c(nn1CC(=O)NCc1ccc(F)cc1)CSC2. The molecular weight excluding hydrogens is 387 g/mol. The Kier molecular flexibility index (Phi) is 6.30. The molecule has 0 atom stereocenters. The Balaban J connectivity index is 1.67. The highest BCUT2D eigenvalue weighted by Gasteiger charge is 2.27. The van der Waals surface area contributed by atoms with Crippen molar-refractivity contribution in [3.8, 4) is 0 Å². The second-order valence-electron chi connectivity index (χ2n) is 6.00. The summed E-state index contributed by atoms with van der Waals surface area (Å²) in [6.45, 7) is 1.80. The zero-order valence-electron chi connectivity index (χ0n) is 15.2. The van der Waals surface area contributed by atoms with Gasteiger partial charge in [-0.05, 0) is 24.6 Å². The van der Waals surface area contributed by atoms with E-state index in [0.29, 0.717) is 17.3 Å². The Morgan fingerprint density at radius 1 is 1.25 bits per heavy atom. The van der Waals surface area contributed by atoms with E-state index < -0.39 is 11.9 Å². The maximum Gasteiger partial charge on any atom is 0.397 e. The van der Waals surface area contributed by atoms with Gasteiger partial charge in [0, 0.05) is 23.6 Å². The molecule has 28 heavy (non-hydrogen) atoms. The van der Waals surface area contributed by atoms with Gasteiger partial charge in [-0.15, -0.1) is 0 Å². The van der Waals surface area contributed by atoms with Crippen molar-refractivity contribution < 1.29 is 23.5 Å². The van der Waals surface area contributed by atoms with Gasteiger partial charge in [0.1, 0.15) is 18.2 Å². The molecule has 2 amide bonds. The van der Waals surface area contributed by atoms with Crippen LogP contribution in [0.3, 0.4) is 0 Å². The Morgan fingerprint density at radius 3 is 2.71 bits per heavy atom. The summed E-state index contributed by atoms with van der Waals surface area (Å²) in [4.78, 5) is 35.9. The number of carbonyl (C=O) groups excluding carboxylic acids is 3. The molecule has 148 valence electrons. The van der Waals surface area contributed by atoms with Crippen molar-refractivity contribution in [2.45, 2.75) is 31.5 Å². The molecule has 1 aromatic heterocycles. The van der Waals surface area contributed by atoms with Crippen LogP contribution in [0.4, 0.5) is 10.2 Å². The maximum absolute atomic E-state index is 12.9. The molecule has 0 saturated carbocycles. The van der Waals surface area contributed by atoms with Crippen molar-refractivity contribution in [1.82, 2.24) is 15.1 Å². The van der Waals surface area contributed by atoms with Gasteiger partial charge >= 0.3 is 11.9 Å². The summed E-state index contributed by atoms with van der Waals surface area (Å²) in [5.41, 5.74) is 2.33. The number of aromatic nitrogens is 2. The number of anilines is 1. The third-order valence-electron chi connectivity index (χ3n) is 4.01. The number of hydrogen-bond donors (Lipinski definition) is 2. The van der Waals surface area contributed by atoms with Crippen LogP contribution in [0.5, 0.6) is 0 Å². The first-order valence-corrected chi connectivity index (χ1v) is 9.79. The van der Waals surface area contributed by atoms with Crippen molar-refractivity contribution in [2.24, 2.45) is 0 Å². The summed E-state index contributed by atoms with van der Waals surface area (Å²) in [5, 5.41) is 9.61. The zero-order chi connectivity index (χ0) is 20.1. The summed E-state index contributed by atoms with van der Waals surface area (Å²) in [6, 6.07) is 5.81. The summed E-state index contributed by atoms with van der Waals surface area (Å²) in [7, 11) is 0. The first-order valence-electron chi connectivity index (χ1n) is 8.63. The topological polar surface area (TPSA) is 102 Å². The number of fused-ring (bicyclic) bond motifs is 1. The Bertz CT molecular complexity index is 898. The number of hydrogen-bond acceptors (Lipinski definition) is 6. The number of esters is 1. The van der Waals surface area contributed by atoms with Crippen LogP contribution >= 0.6 is 11.8 Å². The highest BCUT2D eigenvalue weighted by molar-refractivity contribution is 7.98. The molecule has 10 heteroatoms. The van der Waals surface area contributed by atoms with Gasteiger partial charge in [-0.2, -0.15) is 16.9 Å². The molecule has 2 aromatic rings. The highest BCUT2D eigenvalue weighted by Crippen LogP contribution is 2.34. The van der Waals surface area contributed by atoms with E-state index in [-0.39, 0.29) is 31.4 Å². The molecule has 3 rings (SSSR count). The summed E-state index contributed by atoms with van der Waals surface area (Å²) in [5.74, 6) is -0.946. The number of benzene rings is 1. The van der Waals surface area contributed by atoms with Gasteiger partial charge in [0.15, 0.2) is 0 Å². The number of amides is 2. The van der Waals surface area contributed by atoms with E-state index in [4.69, 9.17) is 4.74 Å². The largest absolute Gasteiger partial charge is 0.459 e. The van der Waals surface area contributed by atoms with Crippen molar-refractivity contribution in [3.05, 3.63) is 46.9 Å². The van der Waals surface area contributed by atoms with Crippen LogP contribution in [-0.2, 0) is 43.7 Å². The first-order chi connectivity index (χ1) is 13.5. The lowest BCUT2D eigenvalue weighted by Crippen LogP contribution is -2.30. The van der Waals surface area contributed by atoms with Gasteiger partial charge in [0.25, 0.3) is 0 Å². The van der Waals surface area contributed by atoms with E-state index in [0.717, 1.165) is 16.8 Å². The van der Waals surface area contributed by atoms with Gasteiger partial charge in [0.05, 0.1) is 12.3 Å². The predicted octanol–water partition coefficient (Wildman–Crippen LogP) is 1.59.